The van der Waals surface area contributed by atoms with Gasteiger partial charge in [-0.15, -0.1) is 0 Å². The molecule has 0 saturated heterocycles. The number of rotatable bonds is 5. The van der Waals surface area contributed by atoms with Crippen molar-refractivity contribution in [2.75, 3.05) is 6.61 Å². The minimum absolute atomic E-state index is 0.00115. The highest BCUT2D eigenvalue weighted by Gasteiger charge is 2.17. The van der Waals surface area contributed by atoms with Crippen molar-refractivity contribution in [3.8, 4) is 0 Å². The fraction of sp³-hybridized carbons (Fsp3) is 0.278. The van der Waals surface area contributed by atoms with E-state index in [0.717, 1.165) is 22.3 Å². The fourth-order valence-electron chi connectivity index (χ4n) is 2.81. The predicted octanol–water partition coefficient (Wildman–Crippen LogP) is 2.13. The predicted molar refractivity (Wildman–Crippen MR) is 91.6 cm³/mol. The van der Waals surface area contributed by atoms with Crippen LogP contribution in [0.3, 0.4) is 0 Å². The molecule has 0 aliphatic carbocycles. The van der Waals surface area contributed by atoms with E-state index in [1.54, 1.807) is 16.9 Å². The number of nitrogens with one attached hydrogen (secondary N) is 1. The summed E-state index contributed by atoms with van der Waals surface area (Å²) in [6.45, 7) is 1.89. The normalized spacial score (nSPS) is 12.3. The number of hydrogen-bond acceptors (Lipinski definition) is 4. The zero-order valence-corrected chi connectivity index (χ0v) is 13.7. The zero-order valence-electron chi connectivity index (χ0n) is 13.7. The van der Waals surface area contributed by atoms with Crippen LogP contribution in [0.1, 0.15) is 34.1 Å². The smallest absolute Gasteiger partial charge is 0.253 e. The largest absolute Gasteiger partial charge is 0.396 e. The van der Waals surface area contributed by atoms with Crippen molar-refractivity contribution in [1.82, 2.24) is 20.1 Å². The Balaban J connectivity index is 1.86. The Labute approximate surface area is 140 Å². The minimum Gasteiger partial charge on any atom is -0.396 e. The highest BCUT2D eigenvalue weighted by molar-refractivity contribution is 5.97. The molecule has 1 unspecified atom stereocenters. The number of carbonyl (C=O) groups excluding carboxylic acids is 1. The van der Waals surface area contributed by atoms with E-state index in [9.17, 15) is 9.90 Å². The van der Waals surface area contributed by atoms with Crippen LogP contribution in [0, 0.1) is 6.92 Å². The second kappa shape index (κ2) is 6.80. The molecule has 0 bridgehead atoms. The third-order valence-electron chi connectivity index (χ3n) is 4.05. The van der Waals surface area contributed by atoms with Crippen LogP contribution in [0.15, 0.2) is 42.6 Å². The van der Waals surface area contributed by atoms with Crippen LogP contribution in [0.5, 0.6) is 0 Å². The molecule has 1 amide bonds. The third kappa shape index (κ3) is 3.14. The standard InChI is InChI=1S/C18H20N4O2/c1-12-15-10-14(11-19-17(15)22(2)21-12)18(24)20-16(8-9-23)13-6-4-3-5-7-13/h3-7,10-11,16,23H,8-9H2,1-2H3,(H,20,24). The Bertz CT molecular complexity index is 858. The number of carbonyl (C=O) groups is 1. The topological polar surface area (TPSA) is 80.0 Å². The molecule has 1 aromatic carbocycles. The van der Waals surface area contributed by atoms with Crippen LogP contribution in [-0.4, -0.2) is 32.4 Å². The van der Waals surface area contributed by atoms with Gasteiger partial charge in [0.15, 0.2) is 5.65 Å². The molecule has 0 aliphatic rings. The summed E-state index contributed by atoms with van der Waals surface area (Å²) in [6.07, 6.45) is 2.01. The SMILES string of the molecule is Cc1nn(C)c2ncc(C(=O)NC(CCO)c3ccccc3)cc12. The molecule has 0 fully saturated rings. The highest BCUT2D eigenvalue weighted by atomic mass is 16.3. The molecular formula is C18H20N4O2. The van der Waals surface area contributed by atoms with Gasteiger partial charge in [0.25, 0.3) is 5.91 Å². The molecule has 124 valence electrons. The van der Waals surface area contributed by atoms with Crippen LogP contribution < -0.4 is 5.32 Å². The number of amides is 1. The molecule has 0 saturated carbocycles. The molecule has 3 rings (SSSR count). The molecule has 3 aromatic rings. The van der Waals surface area contributed by atoms with Gasteiger partial charge in [-0.1, -0.05) is 30.3 Å². The lowest BCUT2D eigenvalue weighted by Crippen LogP contribution is -2.29. The van der Waals surface area contributed by atoms with Crippen LogP contribution in [0.25, 0.3) is 11.0 Å². The van der Waals surface area contributed by atoms with Gasteiger partial charge in [0.05, 0.1) is 17.3 Å². The zero-order chi connectivity index (χ0) is 17.1. The number of fused-ring (bicyclic) bond motifs is 1. The average Bonchev–Trinajstić information content (AvgIpc) is 2.89. The van der Waals surface area contributed by atoms with Crippen molar-refractivity contribution in [2.24, 2.45) is 7.05 Å². The Kier molecular flexibility index (Phi) is 4.57. The summed E-state index contributed by atoms with van der Waals surface area (Å²) in [5.74, 6) is -0.213. The molecule has 0 aliphatic heterocycles. The van der Waals surface area contributed by atoms with Crippen LogP contribution in [-0.2, 0) is 7.05 Å². The van der Waals surface area contributed by atoms with Crippen molar-refractivity contribution in [3.05, 3.63) is 59.4 Å². The number of aliphatic hydroxyl groups excluding tert-OH is 1. The number of hydrogen-bond donors (Lipinski definition) is 2. The van der Waals surface area contributed by atoms with E-state index < -0.39 is 0 Å². The maximum Gasteiger partial charge on any atom is 0.253 e. The summed E-state index contributed by atoms with van der Waals surface area (Å²) < 4.78 is 1.70. The summed E-state index contributed by atoms with van der Waals surface area (Å²) in [7, 11) is 1.83. The molecule has 1 atom stereocenters. The van der Waals surface area contributed by atoms with Gasteiger partial charge in [0, 0.05) is 25.2 Å². The molecule has 2 N–H and O–H groups in total. The summed E-state index contributed by atoms with van der Waals surface area (Å²) >= 11 is 0. The first-order valence-corrected chi connectivity index (χ1v) is 7.86. The van der Waals surface area contributed by atoms with Gasteiger partial charge in [0.2, 0.25) is 0 Å². The van der Waals surface area contributed by atoms with Gasteiger partial charge in [-0.3, -0.25) is 9.48 Å². The molecule has 2 heterocycles. The van der Waals surface area contributed by atoms with E-state index in [1.807, 2.05) is 44.3 Å². The van der Waals surface area contributed by atoms with Crippen molar-refractivity contribution < 1.29 is 9.90 Å². The monoisotopic (exact) mass is 324 g/mol. The van der Waals surface area contributed by atoms with Gasteiger partial charge in [-0.25, -0.2) is 4.98 Å². The number of pyridine rings is 1. The quantitative estimate of drug-likeness (QED) is 0.753. The van der Waals surface area contributed by atoms with Gasteiger partial charge in [-0.05, 0) is 25.0 Å². The Morgan fingerprint density at radius 1 is 1.33 bits per heavy atom. The molecular weight excluding hydrogens is 304 g/mol. The molecule has 24 heavy (non-hydrogen) atoms. The van der Waals surface area contributed by atoms with E-state index in [-0.39, 0.29) is 18.6 Å². The Morgan fingerprint density at radius 3 is 2.79 bits per heavy atom. The minimum atomic E-state index is -0.241. The number of nitrogens with zero attached hydrogens (tertiary/aromatic N) is 3. The lowest BCUT2D eigenvalue weighted by molar-refractivity contribution is 0.0930. The van der Waals surface area contributed by atoms with Gasteiger partial charge in [-0.2, -0.15) is 5.10 Å². The maximum atomic E-state index is 12.6. The maximum absolute atomic E-state index is 12.6. The lowest BCUT2D eigenvalue weighted by Gasteiger charge is -2.18. The van der Waals surface area contributed by atoms with Crippen molar-refractivity contribution >= 4 is 16.9 Å². The molecule has 2 aromatic heterocycles. The molecule has 6 nitrogen and oxygen atoms in total. The summed E-state index contributed by atoms with van der Waals surface area (Å²) in [5, 5.41) is 17.4. The van der Waals surface area contributed by atoms with Crippen molar-refractivity contribution in [1.29, 1.82) is 0 Å². The van der Waals surface area contributed by atoms with Crippen LogP contribution in [0.2, 0.25) is 0 Å². The Hall–Kier alpha value is -2.73. The first kappa shape index (κ1) is 16.1. The second-order valence-corrected chi connectivity index (χ2v) is 5.75. The molecule has 0 spiro atoms. The third-order valence-corrected chi connectivity index (χ3v) is 4.05. The molecule has 6 heteroatoms. The fourth-order valence-corrected chi connectivity index (χ4v) is 2.81. The number of aliphatic hydroxyl groups is 1. The first-order valence-electron chi connectivity index (χ1n) is 7.86. The van der Waals surface area contributed by atoms with E-state index >= 15 is 0 Å². The van der Waals surface area contributed by atoms with E-state index in [1.165, 1.54) is 0 Å². The van der Waals surface area contributed by atoms with Crippen molar-refractivity contribution in [3.63, 3.8) is 0 Å². The van der Waals surface area contributed by atoms with E-state index in [0.29, 0.717) is 12.0 Å². The summed E-state index contributed by atoms with van der Waals surface area (Å²) in [5.41, 5.74) is 3.03. The summed E-state index contributed by atoms with van der Waals surface area (Å²) in [6, 6.07) is 11.2. The number of aryl methyl sites for hydroxylation is 2. The van der Waals surface area contributed by atoms with Crippen molar-refractivity contribution in [2.45, 2.75) is 19.4 Å². The second-order valence-electron chi connectivity index (χ2n) is 5.75. The van der Waals surface area contributed by atoms with Crippen LogP contribution in [0.4, 0.5) is 0 Å². The summed E-state index contributed by atoms with van der Waals surface area (Å²) in [4.78, 5) is 16.9. The number of aromatic nitrogens is 3. The lowest BCUT2D eigenvalue weighted by atomic mass is 10.0. The number of benzene rings is 1. The van der Waals surface area contributed by atoms with E-state index in [4.69, 9.17) is 0 Å². The van der Waals surface area contributed by atoms with Crippen LogP contribution >= 0.6 is 0 Å². The molecule has 0 radical (unpaired) electrons. The van der Waals surface area contributed by atoms with Gasteiger partial charge < -0.3 is 10.4 Å². The van der Waals surface area contributed by atoms with E-state index in [2.05, 4.69) is 15.4 Å². The van der Waals surface area contributed by atoms with Gasteiger partial charge in [0.1, 0.15) is 0 Å². The first-order chi connectivity index (χ1) is 11.6. The van der Waals surface area contributed by atoms with Gasteiger partial charge >= 0.3 is 0 Å². The average molecular weight is 324 g/mol. The Morgan fingerprint density at radius 2 is 2.08 bits per heavy atom. The highest BCUT2D eigenvalue weighted by Crippen LogP contribution is 2.19.